The van der Waals surface area contributed by atoms with E-state index in [-0.39, 0.29) is 6.61 Å². The van der Waals surface area contributed by atoms with Crippen LogP contribution in [0.3, 0.4) is 0 Å². The molecular weight excluding hydrogens is 254 g/mol. The van der Waals surface area contributed by atoms with Crippen molar-refractivity contribution in [3.63, 3.8) is 0 Å². The van der Waals surface area contributed by atoms with Crippen LogP contribution >= 0.6 is 0 Å². The molecule has 0 aliphatic carbocycles. The molecule has 2 unspecified atom stereocenters. The van der Waals surface area contributed by atoms with Gasteiger partial charge in [0.2, 0.25) is 0 Å². The zero-order valence-corrected chi connectivity index (χ0v) is 9.94. The lowest BCUT2D eigenvalue weighted by Gasteiger charge is -2.31. The van der Waals surface area contributed by atoms with Crippen LogP contribution in [0.2, 0.25) is 0 Å². The summed E-state index contributed by atoms with van der Waals surface area (Å²) in [6, 6.07) is -0.411. The van der Waals surface area contributed by atoms with Crippen LogP contribution in [0.25, 0.3) is 0 Å². The maximum absolute atomic E-state index is 9.97. The summed E-state index contributed by atoms with van der Waals surface area (Å²) < 4.78 is 5.43. The van der Waals surface area contributed by atoms with E-state index in [9.17, 15) is 10.2 Å². The van der Waals surface area contributed by atoms with Crippen LogP contribution in [-0.2, 0) is 4.74 Å². The minimum absolute atomic E-state index is 0.338. The number of hydrogen-bond acceptors (Lipinski definition) is 9. The summed E-state index contributed by atoms with van der Waals surface area (Å²) in [6.07, 6.45) is -1.60. The highest BCUT2D eigenvalue weighted by Gasteiger charge is 2.49. The third-order valence-electron chi connectivity index (χ3n) is 3.49. The molecule has 0 radical (unpaired) electrons. The molecule has 104 valence electrons. The van der Waals surface area contributed by atoms with Gasteiger partial charge in [0.25, 0.3) is 0 Å². The first kappa shape index (κ1) is 12.5. The Morgan fingerprint density at radius 2 is 2.11 bits per heavy atom. The largest absolute Gasteiger partial charge is 0.394 e. The summed E-state index contributed by atoms with van der Waals surface area (Å²) in [5, 5.41) is 28.8. The molecule has 9 nitrogen and oxygen atoms in total. The van der Waals surface area contributed by atoms with E-state index in [0.717, 1.165) is 0 Å². The topological polar surface area (TPSA) is 136 Å². The fourth-order valence-electron chi connectivity index (χ4n) is 2.43. The number of aliphatic hydroxyl groups is 3. The Hall–Kier alpha value is -1.55. The van der Waals surface area contributed by atoms with E-state index in [1.807, 2.05) is 0 Å². The molecule has 0 aromatic carbocycles. The fourth-order valence-corrected chi connectivity index (χ4v) is 2.43. The average Bonchev–Trinajstić information content (AvgIpc) is 2.94. The van der Waals surface area contributed by atoms with Gasteiger partial charge in [0.05, 0.1) is 12.9 Å². The molecule has 3 rings (SSSR count). The molecule has 3 heterocycles. The third kappa shape index (κ3) is 1.82. The van der Waals surface area contributed by atoms with E-state index in [1.165, 1.54) is 12.7 Å². The lowest BCUT2D eigenvalue weighted by Crippen LogP contribution is -2.51. The van der Waals surface area contributed by atoms with Crippen molar-refractivity contribution in [3.8, 4) is 0 Å². The highest BCUT2D eigenvalue weighted by atomic mass is 16.6. The van der Waals surface area contributed by atoms with Gasteiger partial charge < -0.3 is 30.7 Å². The van der Waals surface area contributed by atoms with Crippen LogP contribution in [0.5, 0.6) is 0 Å². The van der Waals surface area contributed by atoms with E-state index in [4.69, 9.17) is 15.6 Å². The van der Waals surface area contributed by atoms with Crippen molar-refractivity contribution in [2.75, 3.05) is 6.61 Å². The van der Waals surface area contributed by atoms with E-state index in [2.05, 4.69) is 15.0 Å². The second-order valence-corrected chi connectivity index (χ2v) is 4.62. The molecule has 1 fully saturated rings. The summed E-state index contributed by atoms with van der Waals surface area (Å²) in [4.78, 5) is 13.8. The molecule has 0 saturated carbocycles. The molecular formula is C10H15N5O4. The highest BCUT2D eigenvalue weighted by molar-refractivity contribution is 5.96. The molecule has 3 aliphatic heterocycles. The van der Waals surface area contributed by atoms with E-state index in [1.54, 1.807) is 4.90 Å². The number of ether oxygens (including phenoxy) is 1. The molecule has 0 aromatic rings. The first-order chi connectivity index (χ1) is 9.13. The molecule has 0 spiro atoms. The van der Waals surface area contributed by atoms with Crippen LogP contribution in [0.15, 0.2) is 15.0 Å². The molecule has 19 heavy (non-hydrogen) atoms. The third-order valence-corrected chi connectivity index (χ3v) is 3.49. The average molecular weight is 269 g/mol. The molecule has 9 heteroatoms. The van der Waals surface area contributed by atoms with Crippen LogP contribution in [-0.4, -0.2) is 82.1 Å². The fraction of sp³-hybridized carbons (Fsp3) is 0.700. The van der Waals surface area contributed by atoms with Crippen molar-refractivity contribution in [2.45, 2.75) is 36.7 Å². The Morgan fingerprint density at radius 3 is 2.79 bits per heavy atom. The Labute approximate surface area is 108 Å². The van der Waals surface area contributed by atoms with Gasteiger partial charge >= 0.3 is 0 Å². The van der Waals surface area contributed by atoms with Crippen molar-refractivity contribution in [3.05, 3.63) is 0 Å². The number of amidine groups is 1. The van der Waals surface area contributed by atoms with E-state index >= 15 is 0 Å². The minimum Gasteiger partial charge on any atom is -0.394 e. The molecule has 1 saturated heterocycles. The normalized spacial score (nSPS) is 44.6. The number of nitrogens with two attached hydrogens (primary N) is 1. The van der Waals surface area contributed by atoms with Crippen molar-refractivity contribution in [1.29, 1.82) is 0 Å². The van der Waals surface area contributed by atoms with Gasteiger partial charge in [-0.1, -0.05) is 0 Å². The predicted molar refractivity (Wildman–Crippen MR) is 65.8 cm³/mol. The van der Waals surface area contributed by atoms with Crippen LogP contribution in [0, 0.1) is 0 Å². The van der Waals surface area contributed by atoms with Gasteiger partial charge in [0, 0.05) is 0 Å². The summed E-state index contributed by atoms with van der Waals surface area (Å²) in [6.45, 7) is -0.374. The second kappa shape index (κ2) is 4.53. The molecule has 0 aromatic heterocycles. The Balaban J connectivity index is 1.80. The second-order valence-electron chi connectivity index (χ2n) is 4.62. The smallest absolute Gasteiger partial charge is 0.162 e. The molecule has 6 atom stereocenters. The van der Waals surface area contributed by atoms with Crippen molar-refractivity contribution >= 4 is 18.5 Å². The standard InChI is InChI=1S/C10H15N5O4/c11-8-5-9(13-2-12-8)15(3-14-5)10-7(18)6(17)4(1-16)19-10/h2-7,9-10,16-18H,1H2,(H2,11,12,13)/t4-,5?,6-,7-,9?,10-/m1/s1. The summed E-state index contributed by atoms with van der Waals surface area (Å²) in [5.41, 5.74) is 5.72. The lowest BCUT2D eigenvalue weighted by atomic mass is 10.1. The van der Waals surface area contributed by atoms with E-state index in [0.29, 0.717) is 5.84 Å². The molecule has 0 amide bonds. The van der Waals surface area contributed by atoms with Crippen LogP contribution < -0.4 is 5.73 Å². The zero-order valence-electron chi connectivity index (χ0n) is 9.94. The number of fused-ring (bicyclic) bond motifs is 1. The molecule has 0 bridgehead atoms. The number of aliphatic imine (C=N–C) groups is 3. The number of nitrogens with zero attached hydrogens (tertiary/aromatic N) is 4. The van der Waals surface area contributed by atoms with Crippen LogP contribution in [0.1, 0.15) is 0 Å². The lowest BCUT2D eigenvalue weighted by molar-refractivity contribution is -0.0778. The quantitative estimate of drug-likeness (QED) is 0.418. The number of rotatable bonds is 2. The van der Waals surface area contributed by atoms with Gasteiger partial charge in [-0.15, -0.1) is 0 Å². The Bertz CT molecular complexity index is 453. The van der Waals surface area contributed by atoms with Gasteiger partial charge in [0.15, 0.2) is 12.4 Å². The SMILES string of the molecule is NC1=NC=NC2C1N=CN2[C@@H]1O[C@H](CO)[C@@H](O)[C@H]1O. The number of aliphatic hydroxyl groups excluding tert-OH is 3. The highest BCUT2D eigenvalue weighted by Crippen LogP contribution is 2.29. The monoisotopic (exact) mass is 269 g/mol. The van der Waals surface area contributed by atoms with Gasteiger partial charge in [-0.2, -0.15) is 0 Å². The molecule has 5 N–H and O–H groups in total. The van der Waals surface area contributed by atoms with Gasteiger partial charge in [-0.05, 0) is 0 Å². The Morgan fingerprint density at radius 1 is 1.32 bits per heavy atom. The van der Waals surface area contributed by atoms with Crippen molar-refractivity contribution in [1.82, 2.24) is 4.90 Å². The van der Waals surface area contributed by atoms with Crippen molar-refractivity contribution < 1.29 is 20.1 Å². The van der Waals surface area contributed by atoms with Gasteiger partial charge in [0.1, 0.15) is 36.5 Å². The molecule has 3 aliphatic rings. The van der Waals surface area contributed by atoms with Gasteiger partial charge in [-0.3, -0.25) is 4.99 Å². The minimum atomic E-state index is -1.15. The first-order valence-electron chi connectivity index (χ1n) is 5.91. The summed E-state index contributed by atoms with van der Waals surface area (Å²) >= 11 is 0. The first-order valence-corrected chi connectivity index (χ1v) is 5.91. The van der Waals surface area contributed by atoms with Gasteiger partial charge in [-0.25, -0.2) is 9.98 Å². The number of hydrogen-bond donors (Lipinski definition) is 4. The maximum Gasteiger partial charge on any atom is 0.162 e. The Kier molecular flexibility index (Phi) is 2.97. The summed E-state index contributed by atoms with van der Waals surface area (Å²) in [7, 11) is 0. The van der Waals surface area contributed by atoms with E-state index < -0.39 is 36.7 Å². The predicted octanol–water partition coefficient (Wildman–Crippen LogP) is -3.14. The summed E-state index contributed by atoms with van der Waals surface area (Å²) in [5.74, 6) is 0.338. The maximum atomic E-state index is 9.97. The van der Waals surface area contributed by atoms with Crippen LogP contribution in [0.4, 0.5) is 0 Å². The van der Waals surface area contributed by atoms with Crippen molar-refractivity contribution in [2.24, 2.45) is 20.7 Å². The zero-order chi connectivity index (χ0) is 13.6.